The van der Waals surface area contributed by atoms with E-state index in [2.05, 4.69) is 32.4 Å². The van der Waals surface area contributed by atoms with Gasteiger partial charge in [-0.05, 0) is 42.8 Å². The fraction of sp³-hybridized carbons (Fsp3) is 0.217. The van der Waals surface area contributed by atoms with Crippen molar-refractivity contribution in [3.8, 4) is 17.6 Å². The summed E-state index contributed by atoms with van der Waals surface area (Å²) >= 11 is 0. The summed E-state index contributed by atoms with van der Waals surface area (Å²) in [5.74, 6) is 6.41. The summed E-state index contributed by atoms with van der Waals surface area (Å²) in [4.78, 5) is 46.7. The Morgan fingerprint density at radius 1 is 1.19 bits per heavy atom. The molecule has 3 heterocycles. The van der Waals surface area contributed by atoms with Crippen LogP contribution in [0.2, 0.25) is 0 Å². The van der Waals surface area contributed by atoms with Crippen LogP contribution in [-0.2, 0) is 11.3 Å². The fourth-order valence-corrected chi connectivity index (χ4v) is 4.01. The SMILES string of the molecule is COc1ccc2c(c1)C(=O)N(C[C@@]1(C#Cc3ccc4nc(C)[nH]c4c3)NC(=O)NC1=O)C2. The van der Waals surface area contributed by atoms with Gasteiger partial charge in [0.25, 0.3) is 11.8 Å². The lowest BCUT2D eigenvalue weighted by Crippen LogP contribution is -2.54. The first kappa shape index (κ1) is 19.6. The van der Waals surface area contributed by atoms with E-state index in [1.807, 2.05) is 25.1 Å². The van der Waals surface area contributed by atoms with Gasteiger partial charge in [0.1, 0.15) is 11.6 Å². The summed E-state index contributed by atoms with van der Waals surface area (Å²) in [6, 6.07) is 10.1. The summed E-state index contributed by atoms with van der Waals surface area (Å²) in [5.41, 5.74) is 2.06. The average molecular weight is 429 g/mol. The lowest BCUT2D eigenvalue weighted by Gasteiger charge is -2.26. The molecule has 0 spiro atoms. The van der Waals surface area contributed by atoms with Gasteiger partial charge in [-0.25, -0.2) is 9.78 Å². The van der Waals surface area contributed by atoms with Gasteiger partial charge in [-0.1, -0.05) is 17.9 Å². The summed E-state index contributed by atoms with van der Waals surface area (Å²) < 4.78 is 5.21. The van der Waals surface area contributed by atoms with Crippen molar-refractivity contribution in [2.75, 3.05) is 13.7 Å². The molecule has 0 unspecified atom stereocenters. The third-order valence-corrected chi connectivity index (χ3v) is 5.59. The van der Waals surface area contributed by atoms with E-state index < -0.39 is 17.5 Å². The van der Waals surface area contributed by atoms with Gasteiger partial charge in [-0.3, -0.25) is 14.9 Å². The molecule has 0 bridgehead atoms. The molecule has 3 N–H and O–H groups in total. The van der Waals surface area contributed by atoms with Gasteiger partial charge < -0.3 is 19.9 Å². The van der Waals surface area contributed by atoms with Crippen LogP contribution in [0, 0.1) is 18.8 Å². The van der Waals surface area contributed by atoms with Gasteiger partial charge in [0.2, 0.25) is 5.54 Å². The number of carbonyl (C=O) groups is 3. The number of urea groups is 1. The Hall–Kier alpha value is -4.32. The van der Waals surface area contributed by atoms with Crippen LogP contribution in [0.15, 0.2) is 36.4 Å². The number of aromatic nitrogens is 2. The third kappa shape index (κ3) is 3.22. The first-order valence-electron chi connectivity index (χ1n) is 9.96. The maximum Gasteiger partial charge on any atom is 0.323 e. The highest BCUT2D eigenvalue weighted by molar-refractivity contribution is 6.10. The number of nitrogens with one attached hydrogen (secondary N) is 3. The Morgan fingerprint density at radius 2 is 2.03 bits per heavy atom. The number of methoxy groups -OCH3 is 1. The number of hydrogen-bond donors (Lipinski definition) is 3. The molecule has 1 saturated heterocycles. The number of carbonyl (C=O) groups excluding carboxylic acids is 3. The number of imidazole rings is 1. The molecule has 9 heteroatoms. The average Bonchev–Trinajstić information content (AvgIpc) is 3.38. The van der Waals surface area contributed by atoms with Crippen molar-refractivity contribution in [2.45, 2.75) is 19.0 Å². The molecule has 0 radical (unpaired) electrons. The number of hydrogen-bond acceptors (Lipinski definition) is 5. The maximum atomic E-state index is 13.0. The number of imide groups is 1. The van der Waals surface area contributed by atoms with E-state index in [1.165, 1.54) is 12.0 Å². The van der Waals surface area contributed by atoms with E-state index in [0.717, 1.165) is 22.4 Å². The minimum Gasteiger partial charge on any atom is -0.497 e. The minimum atomic E-state index is -1.56. The number of amides is 4. The molecule has 160 valence electrons. The number of aryl methyl sites for hydroxylation is 1. The van der Waals surface area contributed by atoms with Crippen molar-refractivity contribution in [3.05, 3.63) is 58.9 Å². The number of fused-ring (bicyclic) bond motifs is 2. The van der Waals surface area contributed by atoms with Gasteiger partial charge in [0.05, 0.1) is 24.7 Å². The molecule has 9 nitrogen and oxygen atoms in total. The lowest BCUT2D eigenvalue weighted by atomic mass is 9.99. The molecule has 2 aliphatic rings. The van der Waals surface area contributed by atoms with Crippen molar-refractivity contribution in [1.82, 2.24) is 25.5 Å². The number of ether oxygens (including phenoxy) is 1. The van der Waals surface area contributed by atoms with Gasteiger partial charge in [-0.2, -0.15) is 0 Å². The molecule has 4 amide bonds. The zero-order valence-corrected chi connectivity index (χ0v) is 17.4. The summed E-state index contributed by atoms with van der Waals surface area (Å²) in [5, 5.41) is 4.85. The molecule has 3 aromatic rings. The van der Waals surface area contributed by atoms with Crippen LogP contribution >= 0.6 is 0 Å². The van der Waals surface area contributed by atoms with E-state index in [-0.39, 0.29) is 12.5 Å². The molecule has 2 aliphatic heterocycles. The number of rotatable bonds is 3. The largest absolute Gasteiger partial charge is 0.497 e. The van der Waals surface area contributed by atoms with E-state index in [9.17, 15) is 14.4 Å². The van der Waals surface area contributed by atoms with Crippen molar-refractivity contribution in [3.63, 3.8) is 0 Å². The first-order valence-corrected chi connectivity index (χ1v) is 9.96. The van der Waals surface area contributed by atoms with Crippen molar-refractivity contribution in [1.29, 1.82) is 0 Å². The van der Waals surface area contributed by atoms with Crippen molar-refractivity contribution < 1.29 is 19.1 Å². The molecule has 0 saturated carbocycles. The molecule has 1 fully saturated rings. The van der Waals surface area contributed by atoms with Crippen LogP contribution in [0.4, 0.5) is 4.79 Å². The molecular weight excluding hydrogens is 410 g/mol. The van der Waals surface area contributed by atoms with Crippen LogP contribution in [0.3, 0.4) is 0 Å². The first-order chi connectivity index (χ1) is 15.4. The van der Waals surface area contributed by atoms with Crippen molar-refractivity contribution >= 4 is 28.9 Å². The molecule has 32 heavy (non-hydrogen) atoms. The molecule has 1 aromatic heterocycles. The highest BCUT2D eigenvalue weighted by Gasteiger charge is 2.48. The number of nitrogens with zero attached hydrogens (tertiary/aromatic N) is 2. The Bertz CT molecular complexity index is 1370. The topological polar surface area (TPSA) is 116 Å². The fourth-order valence-electron chi connectivity index (χ4n) is 4.01. The van der Waals surface area contributed by atoms with E-state index >= 15 is 0 Å². The molecular formula is C23H19N5O4. The van der Waals surface area contributed by atoms with Crippen LogP contribution in [0.25, 0.3) is 11.0 Å². The Morgan fingerprint density at radius 3 is 2.78 bits per heavy atom. The van der Waals surface area contributed by atoms with Crippen LogP contribution in [0.5, 0.6) is 5.75 Å². The Kier molecular flexibility index (Phi) is 4.37. The second-order valence-corrected chi connectivity index (χ2v) is 7.80. The third-order valence-electron chi connectivity index (χ3n) is 5.59. The van der Waals surface area contributed by atoms with Crippen LogP contribution in [-0.4, -0.2) is 51.9 Å². The smallest absolute Gasteiger partial charge is 0.323 e. The summed E-state index contributed by atoms with van der Waals surface area (Å²) in [6.45, 7) is 2.09. The minimum absolute atomic E-state index is 0.0845. The number of aromatic amines is 1. The van der Waals surface area contributed by atoms with Gasteiger partial charge in [0, 0.05) is 17.7 Å². The maximum absolute atomic E-state index is 13.0. The van der Waals surface area contributed by atoms with Crippen LogP contribution in [0.1, 0.15) is 27.3 Å². The van der Waals surface area contributed by atoms with Gasteiger partial charge >= 0.3 is 6.03 Å². The number of benzene rings is 2. The van der Waals surface area contributed by atoms with E-state index in [0.29, 0.717) is 23.4 Å². The standard InChI is InChI=1S/C23H19N5O4/c1-13-24-18-6-3-14(9-19(18)25-13)7-8-23(21(30)26-22(31)27-23)12-28-11-15-4-5-16(32-2)10-17(15)20(28)29/h3-6,9-10H,11-12H2,1-2H3,(H,24,25)(H2,26,27,30,31)/t23-/m1/s1. The molecule has 5 rings (SSSR count). The van der Waals surface area contributed by atoms with Gasteiger partial charge in [-0.15, -0.1) is 0 Å². The zero-order chi connectivity index (χ0) is 22.5. The molecule has 0 aliphatic carbocycles. The predicted octanol–water partition coefficient (Wildman–Crippen LogP) is 1.47. The highest BCUT2D eigenvalue weighted by Crippen LogP contribution is 2.28. The quantitative estimate of drug-likeness (QED) is 0.431. The second kappa shape index (κ2) is 7.13. The molecule has 1 atom stereocenters. The normalized spacial score (nSPS) is 19.4. The van der Waals surface area contributed by atoms with E-state index in [4.69, 9.17) is 4.74 Å². The summed E-state index contributed by atoms with van der Waals surface area (Å²) in [7, 11) is 1.53. The molecule has 2 aromatic carbocycles. The monoisotopic (exact) mass is 429 g/mol. The highest BCUT2D eigenvalue weighted by atomic mass is 16.5. The lowest BCUT2D eigenvalue weighted by molar-refractivity contribution is -0.122. The summed E-state index contributed by atoms with van der Waals surface area (Å²) in [6.07, 6.45) is 0. The van der Waals surface area contributed by atoms with Crippen LogP contribution < -0.4 is 15.4 Å². The number of H-pyrrole nitrogens is 1. The second-order valence-electron chi connectivity index (χ2n) is 7.80. The van der Waals surface area contributed by atoms with Crippen molar-refractivity contribution in [2.24, 2.45) is 0 Å². The predicted molar refractivity (Wildman–Crippen MR) is 115 cm³/mol. The van der Waals surface area contributed by atoms with Gasteiger partial charge in [0.15, 0.2) is 0 Å². The zero-order valence-electron chi connectivity index (χ0n) is 17.4. The van der Waals surface area contributed by atoms with E-state index in [1.54, 1.807) is 18.2 Å². The Labute approximate surface area is 183 Å². The Balaban J connectivity index is 1.47.